The van der Waals surface area contributed by atoms with Crippen molar-refractivity contribution in [3.05, 3.63) is 75.8 Å². The summed E-state index contributed by atoms with van der Waals surface area (Å²) < 4.78 is 5.58. The Hall–Kier alpha value is -3.09. The van der Waals surface area contributed by atoms with E-state index in [1.54, 1.807) is 36.4 Å². The first-order chi connectivity index (χ1) is 14.4. The fourth-order valence-corrected chi connectivity index (χ4v) is 3.33. The first kappa shape index (κ1) is 20.2. The molecule has 6 nitrogen and oxygen atoms in total. The SMILES string of the molecule is Cc1ccc(-n2nc3ccc(NC(=O)COc4ccc(Cl)cc4C)cc3n2)cc1Cl. The van der Waals surface area contributed by atoms with Crippen LogP contribution in [0, 0.1) is 13.8 Å². The van der Waals surface area contributed by atoms with Crippen molar-refractivity contribution in [2.75, 3.05) is 11.9 Å². The van der Waals surface area contributed by atoms with Crippen molar-refractivity contribution >= 4 is 45.8 Å². The van der Waals surface area contributed by atoms with Gasteiger partial charge in [0.05, 0.1) is 5.69 Å². The summed E-state index contributed by atoms with van der Waals surface area (Å²) in [5.74, 6) is 0.339. The summed E-state index contributed by atoms with van der Waals surface area (Å²) in [5.41, 5.74) is 4.58. The van der Waals surface area contributed by atoms with Crippen molar-refractivity contribution in [1.82, 2.24) is 15.0 Å². The molecule has 4 aromatic rings. The maximum Gasteiger partial charge on any atom is 0.262 e. The van der Waals surface area contributed by atoms with Crippen LogP contribution in [0.25, 0.3) is 16.7 Å². The minimum Gasteiger partial charge on any atom is -0.483 e. The Morgan fingerprint density at radius 3 is 2.53 bits per heavy atom. The third kappa shape index (κ3) is 4.40. The molecule has 0 aliphatic rings. The van der Waals surface area contributed by atoms with E-state index in [4.69, 9.17) is 27.9 Å². The predicted octanol–water partition coefficient (Wildman–Crippen LogP) is 5.36. The molecule has 0 spiro atoms. The van der Waals surface area contributed by atoms with Gasteiger partial charge in [0.1, 0.15) is 16.8 Å². The van der Waals surface area contributed by atoms with E-state index in [-0.39, 0.29) is 12.5 Å². The smallest absolute Gasteiger partial charge is 0.262 e. The summed E-state index contributed by atoms with van der Waals surface area (Å²) in [6.45, 7) is 3.69. The van der Waals surface area contributed by atoms with Gasteiger partial charge in [0.15, 0.2) is 6.61 Å². The summed E-state index contributed by atoms with van der Waals surface area (Å²) in [5, 5.41) is 13.0. The Bertz CT molecular complexity index is 1250. The lowest BCUT2D eigenvalue weighted by Gasteiger charge is -2.09. The van der Waals surface area contributed by atoms with Gasteiger partial charge in [-0.15, -0.1) is 10.2 Å². The fourth-order valence-electron chi connectivity index (χ4n) is 2.93. The molecule has 1 aromatic heterocycles. The Labute approximate surface area is 183 Å². The van der Waals surface area contributed by atoms with E-state index >= 15 is 0 Å². The van der Waals surface area contributed by atoms with Crippen molar-refractivity contribution in [2.24, 2.45) is 0 Å². The molecule has 0 saturated carbocycles. The van der Waals surface area contributed by atoms with Crippen LogP contribution in [-0.2, 0) is 4.79 Å². The standard InChI is InChI=1S/C22H18Cl2N4O2/c1-13-3-6-17(11-18(13)24)28-26-19-7-5-16(10-20(19)27-28)25-22(29)12-30-21-8-4-15(23)9-14(21)2/h3-11H,12H2,1-2H3,(H,25,29). The molecule has 1 heterocycles. The number of hydrogen-bond donors (Lipinski definition) is 1. The molecule has 0 radical (unpaired) electrons. The third-order valence-corrected chi connectivity index (χ3v) is 5.19. The molecular formula is C22H18Cl2N4O2. The summed E-state index contributed by atoms with van der Waals surface area (Å²) in [6, 6.07) is 16.2. The first-order valence-corrected chi connectivity index (χ1v) is 9.97. The number of fused-ring (bicyclic) bond motifs is 1. The summed E-state index contributed by atoms with van der Waals surface area (Å²) in [6.07, 6.45) is 0. The molecule has 1 N–H and O–H groups in total. The van der Waals surface area contributed by atoms with Crippen molar-refractivity contribution in [3.63, 3.8) is 0 Å². The van der Waals surface area contributed by atoms with E-state index < -0.39 is 0 Å². The number of ether oxygens (including phenoxy) is 1. The normalized spacial score (nSPS) is 10.9. The van der Waals surface area contributed by atoms with Crippen LogP contribution in [0.3, 0.4) is 0 Å². The number of carbonyl (C=O) groups is 1. The highest BCUT2D eigenvalue weighted by Crippen LogP contribution is 2.23. The number of nitrogens with one attached hydrogen (secondary N) is 1. The molecule has 0 aliphatic carbocycles. The van der Waals surface area contributed by atoms with Crippen LogP contribution in [0.2, 0.25) is 10.0 Å². The van der Waals surface area contributed by atoms with E-state index in [2.05, 4.69) is 15.5 Å². The zero-order chi connectivity index (χ0) is 21.3. The lowest BCUT2D eigenvalue weighted by Crippen LogP contribution is -2.20. The van der Waals surface area contributed by atoms with Crippen LogP contribution in [0.4, 0.5) is 5.69 Å². The second-order valence-corrected chi connectivity index (χ2v) is 7.72. The van der Waals surface area contributed by atoms with Crippen molar-refractivity contribution < 1.29 is 9.53 Å². The molecule has 8 heteroatoms. The topological polar surface area (TPSA) is 69.0 Å². The Balaban J connectivity index is 1.46. The van der Waals surface area contributed by atoms with Crippen LogP contribution >= 0.6 is 23.2 Å². The first-order valence-electron chi connectivity index (χ1n) is 9.21. The molecule has 1 amide bonds. The van der Waals surface area contributed by atoms with Gasteiger partial charge in [-0.2, -0.15) is 4.80 Å². The highest BCUT2D eigenvalue weighted by Gasteiger charge is 2.10. The molecule has 0 fully saturated rings. The zero-order valence-corrected chi connectivity index (χ0v) is 17.8. The van der Waals surface area contributed by atoms with Gasteiger partial charge in [-0.1, -0.05) is 29.3 Å². The largest absolute Gasteiger partial charge is 0.483 e. The number of hydrogen-bond acceptors (Lipinski definition) is 4. The zero-order valence-electron chi connectivity index (χ0n) is 16.3. The summed E-state index contributed by atoms with van der Waals surface area (Å²) in [4.78, 5) is 13.8. The molecule has 0 atom stereocenters. The lowest BCUT2D eigenvalue weighted by atomic mass is 10.2. The third-order valence-electron chi connectivity index (χ3n) is 4.55. The second kappa shape index (κ2) is 8.34. The molecule has 152 valence electrons. The van der Waals surface area contributed by atoms with E-state index in [1.165, 1.54) is 4.80 Å². The van der Waals surface area contributed by atoms with Gasteiger partial charge in [0.25, 0.3) is 5.91 Å². The molecule has 0 saturated heterocycles. The van der Waals surface area contributed by atoms with Crippen LogP contribution in [0.5, 0.6) is 5.75 Å². The van der Waals surface area contributed by atoms with E-state index in [0.717, 1.165) is 16.8 Å². The Kier molecular flexibility index (Phi) is 5.61. The number of rotatable bonds is 5. The van der Waals surface area contributed by atoms with Crippen molar-refractivity contribution in [2.45, 2.75) is 13.8 Å². The fraction of sp³-hybridized carbons (Fsp3) is 0.136. The number of nitrogens with zero attached hydrogens (tertiary/aromatic N) is 3. The number of anilines is 1. The van der Waals surface area contributed by atoms with Crippen LogP contribution in [0.1, 0.15) is 11.1 Å². The van der Waals surface area contributed by atoms with Gasteiger partial charge in [0.2, 0.25) is 0 Å². The Morgan fingerprint density at radius 2 is 1.77 bits per heavy atom. The van der Waals surface area contributed by atoms with Crippen molar-refractivity contribution in [1.29, 1.82) is 0 Å². The minimum absolute atomic E-state index is 0.116. The van der Waals surface area contributed by atoms with Crippen LogP contribution < -0.4 is 10.1 Å². The van der Waals surface area contributed by atoms with E-state index in [9.17, 15) is 4.79 Å². The highest BCUT2D eigenvalue weighted by atomic mass is 35.5. The van der Waals surface area contributed by atoms with E-state index in [1.807, 2.05) is 32.0 Å². The van der Waals surface area contributed by atoms with Crippen LogP contribution in [-0.4, -0.2) is 27.5 Å². The van der Waals surface area contributed by atoms with Gasteiger partial charge in [0, 0.05) is 15.7 Å². The Morgan fingerprint density at radius 1 is 0.967 bits per heavy atom. The highest BCUT2D eigenvalue weighted by molar-refractivity contribution is 6.31. The number of aryl methyl sites for hydroxylation is 2. The quantitative estimate of drug-likeness (QED) is 0.453. The number of aromatic nitrogens is 3. The lowest BCUT2D eigenvalue weighted by molar-refractivity contribution is -0.118. The maximum atomic E-state index is 12.3. The minimum atomic E-state index is -0.276. The van der Waals surface area contributed by atoms with Gasteiger partial charge >= 0.3 is 0 Å². The number of halogens is 2. The molecule has 0 bridgehead atoms. The molecule has 30 heavy (non-hydrogen) atoms. The predicted molar refractivity (Wildman–Crippen MR) is 119 cm³/mol. The molecule has 4 rings (SSSR count). The summed E-state index contributed by atoms with van der Waals surface area (Å²) in [7, 11) is 0. The molecule has 3 aromatic carbocycles. The van der Waals surface area contributed by atoms with E-state index in [0.29, 0.717) is 32.5 Å². The molecule has 0 aliphatic heterocycles. The van der Waals surface area contributed by atoms with Gasteiger partial charge < -0.3 is 10.1 Å². The number of amides is 1. The van der Waals surface area contributed by atoms with Crippen molar-refractivity contribution in [3.8, 4) is 11.4 Å². The second-order valence-electron chi connectivity index (χ2n) is 6.87. The average molecular weight is 441 g/mol. The van der Waals surface area contributed by atoms with Crippen LogP contribution in [0.15, 0.2) is 54.6 Å². The number of benzene rings is 3. The van der Waals surface area contributed by atoms with Gasteiger partial charge in [-0.3, -0.25) is 4.79 Å². The average Bonchev–Trinajstić information content (AvgIpc) is 3.13. The molecular weight excluding hydrogens is 423 g/mol. The molecule has 0 unspecified atom stereocenters. The van der Waals surface area contributed by atoms with Gasteiger partial charge in [-0.05, 0) is 73.5 Å². The van der Waals surface area contributed by atoms with Gasteiger partial charge in [-0.25, -0.2) is 0 Å². The number of carbonyl (C=O) groups excluding carboxylic acids is 1. The maximum absolute atomic E-state index is 12.3. The monoisotopic (exact) mass is 440 g/mol. The summed E-state index contributed by atoms with van der Waals surface area (Å²) >= 11 is 12.1.